The molecule has 0 aromatic heterocycles. The van der Waals surface area contributed by atoms with E-state index < -0.39 is 70.6 Å². The monoisotopic (exact) mass is 608 g/mol. The Morgan fingerprint density at radius 1 is 0.636 bits per heavy atom. The van der Waals surface area contributed by atoms with Gasteiger partial charge in [-0.2, -0.15) is 0 Å². The minimum Gasteiger partial charge on any atom is -0.508 e. The fraction of sp³-hybridized carbons (Fsp3) is 0.226. The molecule has 4 aromatic rings. The summed E-state index contributed by atoms with van der Waals surface area (Å²) >= 11 is 0. The van der Waals surface area contributed by atoms with Gasteiger partial charge in [-0.3, -0.25) is 0 Å². The minimum atomic E-state index is -1.62. The van der Waals surface area contributed by atoms with Crippen LogP contribution in [0.25, 0.3) is 0 Å². The molecule has 230 valence electrons. The highest BCUT2D eigenvalue weighted by Gasteiger charge is 2.46. The predicted molar refractivity (Wildman–Crippen MR) is 150 cm³/mol. The number of fused-ring (bicyclic) bond motifs is 2. The summed E-state index contributed by atoms with van der Waals surface area (Å²) in [6.07, 6.45) is -5.72. The van der Waals surface area contributed by atoms with Gasteiger partial charge in [0.1, 0.15) is 40.6 Å². The molecule has 0 spiro atoms. The number of phenolic OH excluding ortho intramolecular Hbond substituents is 8. The zero-order valence-corrected chi connectivity index (χ0v) is 22.9. The lowest BCUT2D eigenvalue weighted by molar-refractivity contribution is 0.00113. The number of aromatic hydroxyl groups is 8. The van der Waals surface area contributed by atoms with Crippen LogP contribution in [0.5, 0.6) is 63.2 Å². The van der Waals surface area contributed by atoms with Gasteiger partial charge in [0.2, 0.25) is 5.75 Å². The first-order chi connectivity index (χ1) is 20.9. The molecule has 44 heavy (non-hydrogen) atoms. The molecule has 0 fully saturated rings. The summed E-state index contributed by atoms with van der Waals surface area (Å²) < 4.78 is 17.1. The topological polar surface area (TPSA) is 230 Å². The molecule has 13 nitrogen and oxygen atoms in total. The van der Waals surface area contributed by atoms with Gasteiger partial charge in [0.05, 0.1) is 19.1 Å². The number of aliphatic hydroxyl groups excluding tert-OH is 2. The summed E-state index contributed by atoms with van der Waals surface area (Å²) in [5.74, 6) is -5.51. The highest BCUT2D eigenvalue weighted by Crippen LogP contribution is 2.57. The van der Waals surface area contributed by atoms with Crippen LogP contribution < -0.4 is 14.2 Å². The third-order valence-corrected chi connectivity index (χ3v) is 7.95. The second-order valence-corrected chi connectivity index (χ2v) is 10.7. The van der Waals surface area contributed by atoms with Crippen molar-refractivity contribution in [1.82, 2.24) is 0 Å². The number of benzene rings is 4. The molecule has 0 aliphatic carbocycles. The molecule has 2 heterocycles. The first-order valence-corrected chi connectivity index (χ1v) is 13.3. The molecule has 0 saturated heterocycles. The first-order valence-electron chi connectivity index (χ1n) is 13.3. The van der Waals surface area contributed by atoms with Gasteiger partial charge >= 0.3 is 0 Å². The van der Waals surface area contributed by atoms with E-state index >= 15 is 0 Å². The van der Waals surface area contributed by atoms with Gasteiger partial charge in [0, 0.05) is 46.9 Å². The van der Waals surface area contributed by atoms with Gasteiger partial charge in [-0.05, 0) is 29.8 Å². The average molecular weight is 609 g/mol. The van der Waals surface area contributed by atoms with Crippen molar-refractivity contribution in [3.63, 3.8) is 0 Å². The van der Waals surface area contributed by atoms with Crippen LogP contribution in [-0.2, 0) is 6.42 Å². The van der Waals surface area contributed by atoms with Crippen LogP contribution in [0.15, 0.2) is 48.5 Å². The quantitative estimate of drug-likeness (QED) is 0.150. The van der Waals surface area contributed by atoms with Gasteiger partial charge in [-0.25, -0.2) is 0 Å². The number of hydrogen-bond acceptors (Lipinski definition) is 13. The molecule has 2 aliphatic heterocycles. The van der Waals surface area contributed by atoms with E-state index in [9.17, 15) is 51.1 Å². The van der Waals surface area contributed by atoms with E-state index in [4.69, 9.17) is 14.2 Å². The van der Waals surface area contributed by atoms with Crippen LogP contribution in [-0.4, -0.2) is 70.4 Å². The van der Waals surface area contributed by atoms with E-state index in [1.807, 2.05) is 0 Å². The minimum absolute atomic E-state index is 0.0521. The number of ether oxygens (including phenoxy) is 3. The molecule has 6 rings (SSSR count). The van der Waals surface area contributed by atoms with Gasteiger partial charge in [-0.1, -0.05) is 6.07 Å². The van der Waals surface area contributed by atoms with Crippen LogP contribution in [0.4, 0.5) is 0 Å². The second kappa shape index (κ2) is 10.4. The maximum absolute atomic E-state index is 11.8. The smallest absolute Gasteiger partial charge is 0.202 e. The Labute approximate surface area is 248 Å². The highest BCUT2D eigenvalue weighted by molar-refractivity contribution is 5.66. The van der Waals surface area contributed by atoms with E-state index in [1.165, 1.54) is 37.4 Å². The number of methoxy groups -OCH3 is 1. The molecular weight excluding hydrogens is 580 g/mol. The van der Waals surface area contributed by atoms with Crippen LogP contribution in [0, 0.1) is 0 Å². The number of rotatable bonds is 4. The largest absolute Gasteiger partial charge is 0.508 e. The van der Waals surface area contributed by atoms with Crippen molar-refractivity contribution < 1.29 is 65.3 Å². The Kier molecular flexibility index (Phi) is 6.78. The van der Waals surface area contributed by atoms with Crippen LogP contribution in [0.2, 0.25) is 0 Å². The molecule has 10 N–H and O–H groups in total. The first kappa shape index (κ1) is 28.7. The van der Waals surface area contributed by atoms with Gasteiger partial charge in [-0.15, -0.1) is 0 Å². The summed E-state index contributed by atoms with van der Waals surface area (Å²) in [6.45, 7) is 0. The lowest BCUT2D eigenvalue weighted by Crippen LogP contribution is -2.36. The van der Waals surface area contributed by atoms with E-state index in [2.05, 4.69) is 0 Å². The Morgan fingerprint density at radius 3 is 1.95 bits per heavy atom. The summed E-state index contributed by atoms with van der Waals surface area (Å²) in [5, 5.41) is 107. The maximum atomic E-state index is 11.8. The summed E-state index contributed by atoms with van der Waals surface area (Å²) in [7, 11) is 1.24. The Hall–Kier alpha value is -5.40. The predicted octanol–water partition coefficient (Wildman–Crippen LogP) is 3.00. The molecule has 5 atom stereocenters. The van der Waals surface area contributed by atoms with E-state index in [0.29, 0.717) is 0 Å². The molecule has 13 heteroatoms. The Bertz CT molecular complexity index is 1760. The average Bonchev–Trinajstić information content (AvgIpc) is 2.95. The van der Waals surface area contributed by atoms with Crippen molar-refractivity contribution >= 4 is 0 Å². The van der Waals surface area contributed by atoms with E-state index in [0.717, 1.165) is 18.2 Å². The van der Waals surface area contributed by atoms with E-state index in [1.54, 1.807) is 0 Å². The second-order valence-electron chi connectivity index (χ2n) is 10.7. The maximum Gasteiger partial charge on any atom is 0.202 e. The van der Waals surface area contributed by atoms with Crippen molar-refractivity contribution in [3.8, 4) is 63.2 Å². The zero-order chi connectivity index (χ0) is 31.6. The standard InChI is InChI=1S/C31H28O13/c1-42-31-20(38)5-12(6-21(31)39)28-22(40)9-14-16(34)10-19(37)25(30(14)44-28)26-24-18(36)7-13(32)8-23(24)43-29(27(26)41)11-2-3-15(33)17(35)4-11/h2-8,10,22,26-29,32-41H,9H2,1H3/t22-,26-,27-,28?,29?/m1/s1. The lowest BCUT2D eigenvalue weighted by atomic mass is 9.77. The molecule has 2 aliphatic rings. The van der Waals surface area contributed by atoms with Crippen LogP contribution >= 0.6 is 0 Å². The van der Waals surface area contributed by atoms with Gasteiger partial charge < -0.3 is 65.3 Å². The molecular formula is C31H28O13. The third kappa shape index (κ3) is 4.49. The Balaban J connectivity index is 1.55. The van der Waals surface area contributed by atoms with Crippen molar-refractivity contribution in [1.29, 1.82) is 0 Å². The number of hydrogen-bond donors (Lipinski definition) is 10. The van der Waals surface area contributed by atoms with Crippen molar-refractivity contribution in [2.75, 3.05) is 7.11 Å². The summed E-state index contributed by atoms with van der Waals surface area (Å²) in [4.78, 5) is 0. The fourth-order valence-electron chi connectivity index (χ4n) is 5.98. The lowest BCUT2D eigenvalue weighted by Gasteiger charge is -2.40. The summed E-state index contributed by atoms with van der Waals surface area (Å²) in [5.41, 5.74) is 0.190. The molecule has 0 radical (unpaired) electrons. The number of aliphatic hydroxyl groups is 2. The molecule has 2 unspecified atom stereocenters. The van der Waals surface area contributed by atoms with Crippen molar-refractivity contribution in [2.45, 2.75) is 36.8 Å². The van der Waals surface area contributed by atoms with Crippen LogP contribution in [0.1, 0.15) is 45.9 Å². The van der Waals surface area contributed by atoms with Gasteiger partial charge in [0.15, 0.2) is 35.2 Å². The van der Waals surface area contributed by atoms with Gasteiger partial charge in [0.25, 0.3) is 0 Å². The highest BCUT2D eigenvalue weighted by atomic mass is 16.5. The molecule has 0 amide bonds. The third-order valence-electron chi connectivity index (χ3n) is 7.95. The summed E-state index contributed by atoms with van der Waals surface area (Å²) in [6, 6.07) is 9.32. The van der Waals surface area contributed by atoms with Crippen molar-refractivity contribution in [2.24, 2.45) is 0 Å². The molecule has 0 bridgehead atoms. The molecule has 4 aromatic carbocycles. The van der Waals surface area contributed by atoms with Crippen molar-refractivity contribution in [3.05, 3.63) is 76.3 Å². The van der Waals surface area contributed by atoms with E-state index in [-0.39, 0.29) is 57.2 Å². The van der Waals surface area contributed by atoms with Crippen LogP contribution in [0.3, 0.4) is 0 Å². The zero-order valence-electron chi connectivity index (χ0n) is 22.9. The Morgan fingerprint density at radius 2 is 1.30 bits per heavy atom. The number of phenols is 8. The fourth-order valence-corrected chi connectivity index (χ4v) is 5.98. The normalized spacial score (nSPS) is 22.3. The molecule has 0 saturated carbocycles. The SMILES string of the molecule is COc1c(O)cc(C2Oc3c(c(O)cc(O)c3[C@H]3c4c(O)cc(O)cc4OC(c4ccc(O)c(O)c4)[C@@H]3O)C[C@H]2O)cc1O.